The van der Waals surface area contributed by atoms with E-state index >= 15 is 0 Å². The van der Waals surface area contributed by atoms with Crippen LogP contribution in [0.15, 0.2) is 16.8 Å². The number of nitrogens with one attached hydrogen (secondary N) is 2. The van der Waals surface area contributed by atoms with Gasteiger partial charge in [0.15, 0.2) is 0 Å². The first-order chi connectivity index (χ1) is 9.53. The Balaban J connectivity index is 2.20. The Hall–Kier alpha value is -0.430. The third kappa shape index (κ3) is 7.99. The maximum atomic E-state index is 11.9. The zero-order valence-electron chi connectivity index (χ0n) is 12.4. The van der Waals surface area contributed by atoms with Crippen LogP contribution in [0.4, 0.5) is 0 Å². The Bertz CT molecular complexity index is 444. The molecule has 116 valence electrons. The molecule has 6 heteroatoms. The maximum Gasteiger partial charge on any atom is 0.211 e. The fraction of sp³-hybridized carbons (Fsp3) is 0.714. The minimum Gasteiger partial charge on any atom is -0.317 e. The Morgan fingerprint density at radius 1 is 1.30 bits per heavy atom. The minimum atomic E-state index is -3.15. The van der Waals surface area contributed by atoms with Crippen molar-refractivity contribution in [1.29, 1.82) is 0 Å². The SMILES string of the molecule is CCCNCCCCS(=O)(=O)NC(C)Cc1ccsc1. The molecule has 1 rings (SSSR count). The number of sulfonamides is 1. The van der Waals surface area contributed by atoms with Crippen LogP contribution in [0.3, 0.4) is 0 Å². The second-order valence-electron chi connectivity index (χ2n) is 5.13. The van der Waals surface area contributed by atoms with Crippen LogP contribution in [0.25, 0.3) is 0 Å². The Kier molecular flexibility index (Phi) is 8.37. The highest BCUT2D eigenvalue weighted by atomic mass is 32.2. The van der Waals surface area contributed by atoms with Crippen LogP contribution in [0.1, 0.15) is 38.7 Å². The average molecular weight is 319 g/mol. The molecule has 0 saturated carbocycles. The molecule has 1 atom stereocenters. The van der Waals surface area contributed by atoms with Crippen LogP contribution < -0.4 is 10.0 Å². The minimum absolute atomic E-state index is 0.0483. The van der Waals surface area contributed by atoms with Gasteiger partial charge in [0.25, 0.3) is 0 Å². The fourth-order valence-electron chi connectivity index (χ4n) is 2.01. The Morgan fingerprint density at radius 3 is 2.75 bits per heavy atom. The standard InChI is InChI=1S/C14H26N2O2S2/c1-3-7-15-8-4-5-10-20(17,18)16-13(2)11-14-6-9-19-12-14/h6,9,12-13,15-16H,3-5,7-8,10-11H2,1-2H3. The van der Waals surface area contributed by atoms with Crippen molar-refractivity contribution in [3.8, 4) is 0 Å². The van der Waals surface area contributed by atoms with E-state index in [2.05, 4.69) is 22.3 Å². The normalized spacial score (nSPS) is 13.5. The van der Waals surface area contributed by atoms with Crippen molar-refractivity contribution in [3.63, 3.8) is 0 Å². The number of thiophene rings is 1. The number of hydrogen-bond acceptors (Lipinski definition) is 4. The smallest absolute Gasteiger partial charge is 0.211 e. The van der Waals surface area contributed by atoms with Crippen molar-refractivity contribution >= 4 is 21.4 Å². The first-order valence-electron chi connectivity index (χ1n) is 7.25. The van der Waals surface area contributed by atoms with Gasteiger partial charge in [-0.1, -0.05) is 6.92 Å². The highest BCUT2D eigenvalue weighted by Crippen LogP contribution is 2.09. The van der Waals surface area contributed by atoms with E-state index in [1.807, 2.05) is 18.4 Å². The largest absolute Gasteiger partial charge is 0.317 e. The lowest BCUT2D eigenvalue weighted by Crippen LogP contribution is -2.35. The van der Waals surface area contributed by atoms with E-state index in [-0.39, 0.29) is 11.8 Å². The van der Waals surface area contributed by atoms with Crippen molar-refractivity contribution in [2.45, 2.75) is 45.6 Å². The van der Waals surface area contributed by atoms with Crippen LogP contribution in [-0.4, -0.2) is 33.3 Å². The Morgan fingerprint density at radius 2 is 2.10 bits per heavy atom. The number of unbranched alkanes of at least 4 members (excludes halogenated alkanes) is 1. The molecule has 0 aliphatic heterocycles. The van der Waals surface area contributed by atoms with E-state index in [0.29, 0.717) is 6.42 Å². The van der Waals surface area contributed by atoms with Crippen LogP contribution in [0.2, 0.25) is 0 Å². The maximum absolute atomic E-state index is 11.9. The molecule has 1 aromatic heterocycles. The van der Waals surface area contributed by atoms with Crippen molar-refractivity contribution in [2.75, 3.05) is 18.8 Å². The number of rotatable bonds is 11. The van der Waals surface area contributed by atoms with E-state index in [1.54, 1.807) is 11.3 Å². The van der Waals surface area contributed by atoms with E-state index in [0.717, 1.165) is 32.4 Å². The first-order valence-corrected chi connectivity index (χ1v) is 9.85. The van der Waals surface area contributed by atoms with Gasteiger partial charge in [-0.15, -0.1) is 0 Å². The summed E-state index contributed by atoms with van der Waals surface area (Å²) in [6.07, 6.45) is 3.47. The summed E-state index contributed by atoms with van der Waals surface area (Å²) in [5, 5.41) is 7.35. The summed E-state index contributed by atoms with van der Waals surface area (Å²) in [7, 11) is -3.15. The van der Waals surface area contributed by atoms with Crippen molar-refractivity contribution in [1.82, 2.24) is 10.0 Å². The van der Waals surface area contributed by atoms with E-state index in [9.17, 15) is 8.42 Å². The lowest BCUT2D eigenvalue weighted by atomic mass is 10.1. The van der Waals surface area contributed by atoms with Gasteiger partial charge in [-0.2, -0.15) is 11.3 Å². The molecule has 0 bridgehead atoms. The predicted molar refractivity (Wildman–Crippen MR) is 86.8 cm³/mol. The highest BCUT2D eigenvalue weighted by Gasteiger charge is 2.14. The molecule has 0 saturated heterocycles. The second-order valence-corrected chi connectivity index (χ2v) is 7.78. The predicted octanol–water partition coefficient (Wildman–Crippen LogP) is 2.38. The molecule has 0 spiro atoms. The molecule has 0 aliphatic rings. The van der Waals surface area contributed by atoms with Crippen molar-refractivity contribution in [3.05, 3.63) is 22.4 Å². The summed E-state index contributed by atoms with van der Waals surface area (Å²) < 4.78 is 26.6. The monoisotopic (exact) mass is 318 g/mol. The van der Waals surface area contributed by atoms with E-state index < -0.39 is 10.0 Å². The third-order valence-corrected chi connectivity index (χ3v) is 5.27. The fourth-order valence-corrected chi connectivity index (χ4v) is 4.09. The highest BCUT2D eigenvalue weighted by molar-refractivity contribution is 7.89. The molecule has 0 aromatic carbocycles. The van der Waals surface area contributed by atoms with Gasteiger partial charge in [0, 0.05) is 6.04 Å². The molecular weight excluding hydrogens is 292 g/mol. The van der Waals surface area contributed by atoms with E-state index in [1.165, 1.54) is 5.56 Å². The summed E-state index contributed by atoms with van der Waals surface area (Å²) in [6, 6.07) is 1.99. The quantitative estimate of drug-likeness (QED) is 0.616. The molecule has 0 aliphatic carbocycles. The van der Waals surface area contributed by atoms with E-state index in [4.69, 9.17) is 0 Å². The lowest BCUT2D eigenvalue weighted by molar-refractivity contribution is 0.553. The topological polar surface area (TPSA) is 58.2 Å². The molecule has 2 N–H and O–H groups in total. The molecular formula is C14H26N2O2S2. The molecule has 0 fully saturated rings. The van der Waals surface area contributed by atoms with Gasteiger partial charge in [-0.25, -0.2) is 13.1 Å². The molecule has 1 aromatic rings. The first kappa shape index (κ1) is 17.6. The second kappa shape index (κ2) is 9.50. The van der Waals surface area contributed by atoms with Crippen LogP contribution in [0, 0.1) is 0 Å². The summed E-state index contributed by atoms with van der Waals surface area (Å²) in [4.78, 5) is 0. The Labute approximate surface area is 127 Å². The lowest BCUT2D eigenvalue weighted by Gasteiger charge is -2.13. The van der Waals surface area contributed by atoms with Crippen LogP contribution in [-0.2, 0) is 16.4 Å². The van der Waals surface area contributed by atoms with Gasteiger partial charge >= 0.3 is 0 Å². The van der Waals surface area contributed by atoms with Gasteiger partial charge in [0.1, 0.15) is 0 Å². The van der Waals surface area contributed by atoms with Gasteiger partial charge < -0.3 is 5.32 Å². The molecule has 0 radical (unpaired) electrons. The zero-order chi connectivity index (χ0) is 14.8. The summed E-state index contributed by atoms with van der Waals surface area (Å²) in [6.45, 7) is 5.94. The van der Waals surface area contributed by atoms with Crippen molar-refractivity contribution < 1.29 is 8.42 Å². The third-order valence-electron chi connectivity index (χ3n) is 2.95. The van der Waals surface area contributed by atoms with Gasteiger partial charge in [-0.3, -0.25) is 0 Å². The summed E-state index contributed by atoms with van der Waals surface area (Å²) in [5.74, 6) is 0.217. The molecule has 4 nitrogen and oxygen atoms in total. The van der Waals surface area contributed by atoms with Gasteiger partial charge in [0.05, 0.1) is 5.75 Å². The molecule has 1 unspecified atom stereocenters. The van der Waals surface area contributed by atoms with Crippen LogP contribution >= 0.6 is 11.3 Å². The average Bonchev–Trinajstić information content (AvgIpc) is 2.85. The van der Waals surface area contributed by atoms with Gasteiger partial charge in [0.2, 0.25) is 10.0 Å². The van der Waals surface area contributed by atoms with Crippen LogP contribution in [0.5, 0.6) is 0 Å². The van der Waals surface area contributed by atoms with Crippen molar-refractivity contribution in [2.24, 2.45) is 0 Å². The number of hydrogen-bond donors (Lipinski definition) is 2. The summed E-state index contributed by atoms with van der Waals surface area (Å²) in [5.41, 5.74) is 1.19. The molecule has 1 heterocycles. The molecule has 20 heavy (non-hydrogen) atoms. The summed E-state index contributed by atoms with van der Waals surface area (Å²) >= 11 is 1.64. The molecule has 0 amide bonds. The van der Waals surface area contributed by atoms with Gasteiger partial charge in [-0.05, 0) is 68.1 Å². The zero-order valence-corrected chi connectivity index (χ0v) is 14.0.